The molecule has 2 bridgehead atoms. The van der Waals surface area contributed by atoms with Crippen molar-refractivity contribution in [2.45, 2.75) is 31.6 Å². The van der Waals surface area contributed by atoms with Crippen LogP contribution < -0.4 is 5.32 Å². The third-order valence-electron chi connectivity index (χ3n) is 5.35. The minimum absolute atomic E-state index is 0.0971. The van der Waals surface area contributed by atoms with Crippen molar-refractivity contribution < 1.29 is 14.3 Å². The standard InChI is InChI=1S/C18H20N4O3/c1-25-18(24)14-4-2-3-13(19-14)17(23)20-16-9-15(21-22-16)12-8-10-5-6-11(12)7-10/h2-4,9-12H,5-8H2,1H3,(H2,20,21,22,23)/t10-,11-,12-/m0/s1. The summed E-state index contributed by atoms with van der Waals surface area (Å²) in [5.74, 6) is 1.62. The zero-order chi connectivity index (χ0) is 17.4. The largest absolute Gasteiger partial charge is 0.464 e. The summed E-state index contributed by atoms with van der Waals surface area (Å²) in [6.07, 6.45) is 5.17. The van der Waals surface area contributed by atoms with Crippen molar-refractivity contribution in [3.8, 4) is 0 Å². The van der Waals surface area contributed by atoms with Crippen LogP contribution in [0.3, 0.4) is 0 Å². The molecular weight excluding hydrogens is 320 g/mol. The zero-order valence-electron chi connectivity index (χ0n) is 14.0. The number of carbonyl (C=O) groups is 2. The van der Waals surface area contributed by atoms with E-state index in [9.17, 15) is 9.59 Å². The third-order valence-corrected chi connectivity index (χ3v) is 5.35. The van der Waals surface area contributed by atoms with E-state index < -0.39 is 11.9 Å². The Morgan fingerprint density at radius 3 is 2.80 bits per heavy atom. The Morgan fingerprint density at radius 2 is 2.08 bits per heavy atom. The number of amides is 1. The van der Waals surface area contributed by atoms with Gasteiger partial charge < -0.3 is 10.1 Å². The van der Waals surface area contributed by atoms with Gasteiger partial charge in [0.15, 0.2) is 5.82 Å². The van der Waals surface area contributed by atoms with Gasteiger partial charge in [-0.1, -0.05) is 12.5 Å². The maximum absolute atomic E-state index is 12.4. The van der Waals surface area contributed by atoms with Gasteiger partial charge in [-0.05, 0) is 43.2 Å². The molecule has 4 rings (SSSR count). The first-order valence-electron chi connectivity index (χ1n) is 8.56. The Morgan fingerprint density at radius 1 is 1.24 bits per heavy atom. The van der Waals surface area contributed by atoms with Crippen molar-refractivity contribution in [2.75, 3.05) is 12.4 Å². The van der Waals surface area contributed by atoms with Gasteiger partial charge in [-0.2, -0.15) is 5.10 Å². The Balaban J connectivity index is 1.46. The molecule has 0 spiro atoms. The van der Waals surface area contributed by atoms with Crippen molar-refractivity contribution >= 4 is 17.7 Å². The predicted octanol–water partition coefficient (Wildman–Crippen LogP) is 2.75. The molecule has 0 aromatic carbocycles. The second-order valence-electron chi connectivity index (χ2n) is 6.84. The van der Waals surface area contributed by atoms with Crippen molar-refractivity contribution in [3.05, 3.63) is 41.3 Å². The van der Waals surface area contributed by atoms with Crippen LogP contribution in [0.4, 0.5) is 5.82 Å². The van der Waals surface area contributed by atoms with E-state index in [0.717, 1.165) is 17.5 Å². The fourth-order valence-electron chi connectivity index (χ4n) is 4.18. The molecule has 0 radical (unpaired) electrons. The zero-order valence-corrected chi connectivity index (χ0v) is 14.0. The number of H-pyrrole nitrogens is 1. The van der Waals surface area contributed by atoms with E-state index in [-0.39, 0.29) is 11.4 Å². The molecule has 2 aliphatic carbocycles. The van der Waals surface area contributed by atoms with Crippen LogP contribution in [0.25, 0.3) is 0 Å². The van der Waals surface area contributed by atoms with Gasteiger partial charge in [0.1, 0.15) is 11.4 Å². The second-order valence-corrected chi connectivity index (χ2v) is 6.84. The summed E-state index contributed by atoms with van der Waals surface area (Å²) in [6.45, 7) is 0. The number of hydrogen-bond acceptors (Lipinski definition) is 5. The van der Waals surface area contributed by atoms with E-state index in [1.165, 1.54) is 38.9 Å². The minimum Gasteiger partial charge on any atom is -0.464 e. The van der Waals surface area contributed by atoms with Crippen LogP contribution in [0.15, 0.2) is 24.3 Å². The molecule has 2 aromatic rings. The molecule has 7 heteroatoms. The van der Waals surface area contributed by atoms with Crippen molar-refractivity contribution in [1.29, 1.82) is 0 Å². The molecule has 0 unspecified atom stereocenters. The van der Waals surface area contributed by atoms with Crippen LogP contribution in [-0.4, -0.2) is 34.2 Å². The lowest BCUT2D eigenvalue weighted by Crippen LogP contribution is -2.16. The number of nitrogens with one attached hydrogen (secondary N) is 2. The maximum Gasteiger partial charge on any atom is 0.356 e. The van der Waals surface area contributed by atoms with E-state index in [0.29, 0.717) is 11.7 Å². The highest BCUT2D eigenvalue weighted by Crippen LogP contribution is 2.52. The van der Waals surface area contributed by atoms with Gasteiger partial charge in [0.05, 0.1) is 7.11 Å². The number of nitrogens with zero attached hydrogens (tertiary/aromatic N) is 2. The number of methoxy groups -OCH3 is 1. The number of hydrogen-bond donors (Lipinski definition) is 2. The molecule has 130 valence electrons. The van der Waals surface area contributed by atoms with E-state index in [1.54, 1.807) is 12.1 Å². The third kappa shape index (κ3) is 3.01. The normalized spacial score (nSPS) is 24.3. The molecule has 1 amide bonds. The van der Waals surface area contributed by atoms with Crippen LogP contribution >= 0.6 is 0 Å². The molecule has 2 saturated carbocycles. The van der Waals surface area contributed by atoms with E-state index >= 15 is 0 Å². The fraction of sp³-hybridized carbons (Fsp3) is 0.444. The lowest BCUT2D eigenvalue weighted by atomic mass is 9.86. The summed E-state index contributed by atoms with van der Waals surface area (Å²) in [7, 11) is 1.28. The number of aromatic nitrogens is 3. The number of carbonyl (C=O) groups excluding carboxylic acids is 2. The van der Waals surface area contributed by atoms with Crippen molar-refractivity contribution in [2.24, 2.45) is 11.8 Å². The molecular formula is C18H20N4O3. The van der Waals surface area contributed by atoms with Crippen LogP contribution in [-0.2, 0) is 4.74 Å². The van der Waals surface area contributed by atoms with Gasteiger partial charge >= 0.3 is 5.97 Å². The molecule has 2 N–H and O–H groups in total. The SMILES string of the molecule is COC(=O)c1cccc(C(=O)Nc2cc([C@H]3C[C@H]4CC[C@H]3C4)[nH]n2)n1. The first kappa shape index (κ1) is 15.8. The number of aromatic amines is 1. The van der Waals surface area contributed by atoms with Crippen LogP contribution in [0.5, 0.6) is 0 Å². The minimum atomic E-state index is -0.576. The molecule has 2 fully saturated rings. The lowest BCUT2D eigenvalue weighted by molar-refractivity contribution is 0.0594. The average molecular weight is 340 g/mol. The molecule has 2 heterocycles. The number of rotatable bonds is 4. The Kier molecular flexibility index (Phi) is 3.99. The first-order valence-corrected chi connectivity index (χ1v) is 8.56. The summed E-state index contributed by atoms with van der Waals surface area (Å²) in [5.41, 5.74) is 1.34. The molecule has 0 aliphatic heterocycles. The Labute approximate surface area is 145 Å². The van der Waals surface area contributed by atoms with E-state index in [4.69, 9.17) is 0 Å². The Hall–Kier alpha value is -2.70. The molecule has 7 nitrogen and oxygen atoms in total. The van der Waals surface area contributed by atoms with Crippen LogP contribution in [0.2, 0.25) is 0 Å². The van der Waals surface area contributed by atoms with Crippen molar-refractivity contribution in [3.63, 3.8) is 0 Å². The number of esters is 1. The second kappa shape index (κ2) is 6.31. The number of pyridine rings is 1. The summed E-state index contributed by atoms with van der Waals surface area (Å²) < 4.78 is 4.62. The molecule has 25 heavy (non-hydrogen) atoms. The highest BCUT2D eigenvalue weighted by Gasteiger charge is 2.40. The molecule has 0 saturated heterocycles. The number of fused-ring (bicyclic) bond motifs is 2. The fourth-order valence-corrected chi connectivity index (χ4v) is 4.18. The lowest BCUT2D eigenvalue weighted by Gasteiger charge is -2.19. The van der Waals surface area contributed by atoms with Gasteiger partial charge in [-0.3, -0.25) is 9.89 Å². The quantitative estimate of drug-likeness (QED) is 0.834. The van der Waals surface area contributed by atoms with Crippen molar-refractivity contribution in [1.82, 2.24) is 15.2 Å². The Bertz CT molecular complexity index is 816. The van der Waals surface area contributed by atoms with Gasteiger partial charge in [0.25, 0.3) is 5.91 Å². The summed E-state index contributed by atoms with van der Waals surface area (Å²) >= 11 is 0. The molecule has 2 aliphatic rings. The van der Waals surface area contributed by atoms with Gasteiger partial charge in [0, 0.05) is 17.7 Å². The highest BCUT2D eigenvalue weighted by atomic mass is 16.5. The van der Waals surface area contributed by atoms with Gasteiger partial charge in [-0.25, -0.2) is 9.78 Å². The summed E-state index contributed by atoms with van der Waals surface area (Å²) in [5, 5.41) is 10.0. The van der Waals surface area contributed by atoms with E-state index in [2.05, 4.69) is 25.2 Å². The molecule has 2 aromatic heterocycles. The van der Waals surface area contributed by atoms with Crippen LogP contribution in [0.1, 0.15) is 58.3 Å². The smallest absolute Gasteiger partial charge is 0.356 e. The van der Waals surface area contributed by atoms with E-state index in [1.807, 2.05) is 6.07 Å². The predicted molar refractivity (Wildman–Crippen MR) is 90.3 cm³/mol. The number of anilines is 1. The molecule has 3 atom stereocenters. The number of ether oxygens (including phenoxy) is 1. The highest BCUT2D eigenvalue weighted by molar-refractivity contribution is 6.03. The average Bonchev–Trinajstić information content (AvgIpc) is 3.37. The van der Waals surface area contributed by atoms with Crippen LogP contribution in [0, 0.1) is 11.8 Å². The topological polar surface area (TPSA) is 97.0 Å². The maximum atomic E-state index is 12.4. The first-order chi connectivity index (χ1) is 12.1. The summed E-state index contributed by atoms with van der Waals surface area (Å²) in [6, 6.07) is 6.56. The summed E-state index contributed by atoms with van der Waals surface area (Å²) in [4.78, 5) is 27.9. The van der Waals surface area contributed by atoms with Gasteiger partial charge in [0.2, 0.25) is 0 Å². The monoisotopic (exact) mass is 340 g/mol. The van der Waals surface area contributed by atoms with Gasteiger partial charge in [-0.15, -0.1) is 0 Å².